The highest BCUT2D eigenvalue weighted by Gasteiger charge is 2.30. The van der Waals surface area contributed by atoms with Crippen molar-refractivity contribution < 1.29 is 4.74 Å². The number of hydrogen-bond acceptors (Lipinski definition) is 4. The van der Waals surface area contributed by atoms with Crippen molar-refractivity contribution in [1.82, 2.24) is 4.98 Å². The third kappa shape index (κ3) is 1.82. The first-order valence-corrected chi connectivity index (χ1v) is 6.95. The first-order valence-electron chi connectivity index (χ1n) is 6.14. The Morgan fingerprint density at radius 3 is 2.89 bits per heavy atom. The summed E-state index contributed by atoms with van der Waals surface area (Å²) in [5.74, 6) is 0.848. The first-order chi connectivity index (χ1) is 9.05. The maximum atomic E-state index is 9.21. The van der Waals surface area contributed by atoms with E-state index in [4.69, 9.17) is 9.72 Å². The van der Waals surface area contributed by atoms with Crippen LogP contribution in [0.3, 0.4) is 0 Å². The molecule has 1 aliphatic rings. The van der Waals surface area contributed by atoms with E-state index < -0.39 is 5.41 Å². The molecule has 4 heteroatoms. The fraction of sp³-hybridized carbons (Fsp3) is 0.333. The number of benzene rings is 1. The average molecular weight is 270 g/mol. The van der Waals surface area contributed by atoms with Crippen molar-refractivity contribution in [1.29, 1.82) is 5.26 Å². The van der Waals surface area contributed by atoms with E-state index in [2.05, 4.69) is 12.1 Å². The Morgan fingerprint density at radius 1 is 1.42 bits per heavy atom. The molecular formula is C15H14N2OS. The van der Waals surface area contributed by atoms with Crippen LogP contribution in [0.2, 0.25) is 0 Å². The van der Waals surface area contributed by atoms with E-state index in [1.165, 1.54) is 10.4 Å². The van der Waals surface area contributed by atoms with E-state index in [1.807, 2.05) is 26.0 Å². The number of thiazole rings is 1. The van der Waals surface area contributed by atoms with Crippen LogP contribution in [-0.2, 0) is 11.8 Å². The monoisotopic (exact) mass is 270 g/mol. The van der Waals surface area contributed by atoms with Gasteiger partial charge in [-0.1, -0.05) is 6.07 Å². The Hall–Kier alpha value is -1.86. The molecule has 3 nitrogen and oxygen atoms in total. The Kier molecular flexibility index (Phi) is 2.61. The van der Waals surface area contributed by atoms with Crippen molar-refractivity contribution in [3.63, 3.8) is 0 Å². The third-order valence-electron chi connectivity index (χ3n) is 3.43. The van der Waals surface area contributed by atoms with Crippen molar-refractivity contribution in [2.45, 2.75) is 25.7 Å². The van der Waals surface area contributed by atoms with Gasteiger partial charge in [0.15, 0.2) is 0 Å². The average Bonchev–Trinajstić information content (AvgIpc) is 2.96. The van der Waals surface area contributed by atoms with Gasteiger partial charge in [0.25, 0.3) is 0 Å². The molecule has 3 rings (SSSR count). The molecule has 0 atom stereocenters. The van der Waals surface area contributed by atoms with Crippen molar-refractivity contribution in [3.05, 3.63) is 33.6 Å². The molecule has 2 aromatic rings. The molecule has 0 saturated carbocycles. The minimum atomic E-state index is -0.520. The predicted octanol–water partition coefficient (Wildman–Crippen LogP) is 3.52. The van der Waals surface area contributed by atoms with Crippen molar-refractivity contribution in [3.8, 4) is 23.1 Å². The largest absolute Gasteiger partial charge is 0.497 e. The van der Waals surface area contributed by atoms with Gasteiger partial charge in [0, 0.05) is 16.9 Å². The summed E-state index contributed by atoms with van der Waals surface area (Å²) < 4.78 is 5.27. The highest BCUT2D eigenvalue weighted by molar-refractivity contribution is 7.12. The van der Waals surface area contributed by atoms with E-state index in [9.17, 15) is 5.26 Å². The fourth-order valence-corrected chi connectivity index (χ4v) is 3.38. The molecule has 0 saturated heterocycles. The Balaban J connectivity index is 2.11. The van der Waals surface area contributed by atoms with Gasteiger partial charge in [0.05, 0.1) is 18.9 Å². The number of aromatic nitrogens is 1. The highest BCUT2D eigenvalue weighted by atomic mass is 32.1. The Morgan fingerprint density at radius 2 is 2.21 bits per heavy atom. The zero-order valence-corrected chi connectivity index (χ0v) is 12.0. The SMILES string of the molecule is COc1ccc2c(c1)-c1nc(C(C)(C)C#N)sc1C2. The number of methoxy groups -OCH3 is 1. The molecular weight excluding hydrogens is 256 g/mol. The molecule has 1 heterocycles. The molecule has 0 N–H and O–H groups in total. The first kappa shape index (κ1) is 12.2. The number of nitriles is 1. The van der Waals surface area contributed by atoms with Gasteiger partial charge < -0.3 is 4.74 Å². The molecule has 96 valence electrons. The van der Waals surface area contributed by atoms with Crippen LogP contribution < -0.4 is 4.74 Å². The number of hydrogen-bond donors (Lipinski definition) is 0. The van der Waals surface area contributed by atoms with Crippen molar-refractivity contribution >= 4 is 11.3 Å². The standard InChI is InChI=1S/C15H14N2OS/c1-15(2,8-16)14-17-13-11-7-10(18-3)5-4-9(11)6-12(13)19-14/h4-5,7H,6H2,1-3H3. The maximum absolute atomic E-state index is 9.21. The van der Waals surface area contributed by atoms with Crippen molar-refractivity contribution in [2.24, 2.45) is 0 Å². The molecule has 0 radical (unpaired) electrons. The summed E-state index contributed by atoms with van der Waals surface area (Å²) >= 11 is 1.65. The fourth-order valence-electron chi connectivity index (χ4n) is 2.23. The van der Waals surface area contributed by atoms with Crippen LogP contribution in [0.5, 0.6) is 5.75 Å². The molecule has 1 aromatic heterocycles. The van der Waals surface area contributed by atoms with E-state index in [0.717, 1.165) is 28.4 Å². The molecule has 0 spiro atoms. The topological polar surface area (TPSA) is 45.9 Å². The predicted molar refractivity (Wildman–Crippen MR) is 75.5 cm³/mol. The number of nitrogens with zero attached hydrogens (tertiary/aromatic N) is 2. The smallest absolute Gasteiger partial charge is 0.119 e. The molecule has 0 fully saturated rings. The van der Waals surface area contributed by atoms with E-state index >= 15 is 0 Å². The summed E-state index contributed by atoms with van der Waals surface area (Å²) in [6, 6.07) is 8.42. The van der Waals surface area contributed by atoms with Crippen LogP contribution in [0.25, 0.3) is 11.3 Å². The van der Waals surface area contributed by atoms with E-state index in [-0.39, 0.29) is 0 Å². The Labute approximate surface area is 116 Å². The summed E-state index contributed by atoms with van der Waals surface area (Å²) in [4.78, 5) is 5.94. The zero-order valence-electron chi connectivity index (χ0n) is 11.2. The number of rotatable bonds is 2. The molecule has 0 unspecified atom stereocenters. The molecule has 1 aromatic carbocycles. The molecule has 1 aliphatic carbocycles. The summed E-state index contributed by atoms with van der Waals surface area (Å²) in [6.45, 7) is 3.82. The summed E-state index contributed by atoms with van der Waals surface area (Å²) in [5.41, 5.74) is 2.94. The minimum absolute atomic E-state index is 0.520. The summed E-state index contributed by atoms with van der Waals surface area (Å²) in [5, 5.41) is 10.1. The third-order valence-corrected chi connectivity index (χ3v) is 4.81. The number of ether oxygens (including phenoxy) is 1. The summed E-state index contributed by atoms with van der Waals surface area (Å²) in [6.07, 6.45) is 0.911. The zero-order chi connectivity index (χ0) is 13.6. The normalized spacial score (nSPS) is 12.7. The van der Waals surface area contributed by atoms with Gasteiger partial charge >= 0.3 is 0 Å². The molecule has 19 heavy (non-hydrogen) atoms. The lowest BCUT2D eigenvalue weighted by Gasteiger charge is -2.11. The van der Waals surface area contributed by atoms with Crippen molar-refractivity contribution in [2.75, 3.05) is 7.11 Å². The van der Waals surface area contributed by atoms with Gasteiger partial charge in [0.1, 0.15) is 16.2 Å². The molecule has 0 amide bonds. The van der Waals surface area contributed by atoms with Gasteiger partial charge in [-0.05, 0) is 31.5 Å². The second kappa shape index (κ2) is 4.07. The lowest BCUT2D eigenvalue weighted by atomic mass is 9.97. The maximum Gasteiger partial charge on any atom is 0.119 e. The van der Waals surface area contributed by atoms with Crippen LogP contribution in [-0.4, -0.2) is 12.1 Å². The van der Waals surface area contributed by atoms with Crippen LogP contribution in [0.4, 0.5) is 0 Å². The van der Waals surface area contributed by atoms with E-state index in [1.54, 1.807) is 18.4 Å². The second-order valence-electron chi connectivity index (χ2n) is 5.23. The van der Waals surface area contributed by atoms with Gasteiger partial charge in [0.2, 0.25) is 0 Å². The van der Waals surface area contributed by atoms with Gasteiger partial charge in [-0.2, -0.15) is 5.26 Å². The van der Waals surface area contributed by atoms with Gasteiger partial charge in [-0.15, -0.1) is 11.3 Å². The van der Waals surface area contributed by atoms with Crippen LogP contribution >= 0.6 is 11.3 Å². The summed E-state index contributed by atoms with van der Waals surface area (Å²) in [7, 11) is 1.67. The van der Waals surface area contributed by atoms with E-state index in [0.29, 0.717) is 0 Å². The molecule has 0 aliphatic heterocycles. The quantitative estimate of drug-likeness (QED) is 0.715. The second-order valence-corrected chi connectivity index (χ2v) is 6.31. The lowest BCUT2D eigenvalue weighted by Crippen LogP contribution is -2.13. The van der Waals surface area contributed by atoms with Crippen LogP contribution in [0.1, 0.15) is 29.3 Å². The Bertz CT molecular complexity index is 695. The van der Waals surface area contributed by atoms with Crippen LogP contribution in [0.15, 0.2) is 18.2 Å². The van der Waals surface area contributed by atoms with Gasteiger partial charge in [-0.25, -0.2) is 4.98 Å². The number of fused-ring (bicyclic) bond motifs is 3. The van der Waals surface area contributed by atoms with Crippen LogP contribution in [0, 0.1) is 11.3 Å². The van der Waals surface area contributed by atoms with Gasteiger partial charge in [-0.3, -0.25) is 0 Å². The lowest BCUT2D eigenvalue weighted by molar-refractivity contribution is 0.415. The minimum Gasteiger partial charge on any atom is -0.497 e. The molecule has 0 bridgehead atoms. The highest BCUT2D eigenvalue weighted by Crippen LogP contribution is 2.43.